The first-order valence-corrected chi connectivity index (χ1v) is 5.13. The predicted octanol–water partition coefficient (Wildman–Crippen LogP) is 0.247. The molecule has 3 heteroatoms. The van der Waals surface area contributed by atoms with Crippen molar-refractivity contribution in [1.29, 1.82) is 0 Å². The molecule has 0 saturated carbocycles. The summed E-state index contributed by atoms with van der Waals surface area (Å²) < 4.78 is 0. The largest absolute Gasteiger partial charge is 0.548 e. The third-order valence-corrected chi connectivity index (χ3v) is 3.08. The van der Waals surface area contributed by atoms with Crippen LogP contribution in [0.1, 0.15) is 33.1 Å². The first-order valence-electron chi connectivity index (χ1n) is 5.13. The van der Waals surface area contributed by atoms with Gasteiger partial charge in [0.25, 0.3) is 0 Å². The van der Waals surface area contributed by atoms with Crippen molar-refractivity contribution < 1.29 is 9.90 Å². The summed E-state index contributed by atoms with van der Waals surface area (Å²) in [4.78, 5) is 12.8. The van der Waals surface area contributed by atoms with Crippen molar-refractivity contribution in [2.75, 3.05) is 13.1 Å². The summed E-state index contributed by atoms with van der Waals surface area (Å²) in [5.41, 5.74) is 0. The summed E-state index contributed by atoms with van der Waals surface area (Å²) >= 11 is 0. The summed E-state index contributed by atoms with van der Waals surface area (Å²) in [5.74, 6) is -0.328. The van der Waals surface area contributed by atoms with Crippen LogP contribution in [0.5, 0.6) is 0 Å². The highest BCUT2D eigenvalue weighted by atomic mass is 16.4. The minimum Gasteiger partial charge on any atom is -0.548 e. The molecule has 0 amide bonds. The van der Waals surface area contributed by atoms with Gasteiger partial charge in [-0.3, -0.25) is 4.90 Å². The van der Waals surface area contributed by atoms with Crippen LogP contribution >= 0.6 is 0 Å². The van der Waals surface area contributed by atoms with Gasteiger partial charge in [-0.2, -0.15) is 0 Å². The van der Waals surface area contributed by atoms with E-state index in [1.807, 2.05) is 11.8 Å². The first kappa shape index (κ1) is 10.5. The number of hydrogen-bond acceptors (Lipinski definition) is 3. The number of carboxylic acid groups (broad SMARTS) is 1. The van der Waals surface area contributed by atoms with Crippen molar-refractivity contribution in [1.82, 2.24) is 4.90 Å². The lowest BCUT2D eigenvalue weighted by atomic mass is 9.89. The zero-order valence-electron chi connectivity index (χ0n) is 8.45. The summed E-state index contributed by atoms with van der Waals surface area (Å²) in [6.07, 6.45) is 2.99. The van der Waals surface area contributed by atoms with Gasteiger partial charge < -0.3 is 9.90 Å². The van der Waals surface area contributed by atoms with Crippen LogP contribution in [-0.4, -0.2) is 30.0 Å². The maximum atomic E-state index is 10.8. The molecule has 76 valence electrons. The number of likely N-dealkylation sites (N-methyl/N-ethyl adjacent to an activating group) is 1. The number of piperidine rings is 1. The van der Waals surface area contributed by atoms with E-state index in [-0.39, 0.29) is 6.04 Å². The van der Waals surface area contributed by atoms with E-state index in [2.05, 4.69) is 6.92 Å². The van der Waals surface area contributed by atoms with E-state index < -0.39 is 5.97 Å². The van der Waals surface area contributed by atoms with Crippen molar-refractivity contribution in [2.24, 2.45) is 5.92 Å². The van der Waals surface area contributed by atoms with Crippen LogP contribution in [0.3, 0.4) is 0 Å². The van der Waals surface area contributed by atoms with Crippen LogP contribution in [0.25, 0.3) is 0 Å². The average Bonchev–Trinajstić information content (AvgIpc) is 2.16. The Balaban J connectivity index is 2.57. The van der Waals surface area contributed by atoms with E-state index in [0.717, 1.165) is 32.4 Å². The molecule has 0 N–H and O–H groups in total. The predicted molar refractivity (Wildman–Crippen MR) is 49.1 cm³/mol. The highest BCUT2D eigenvalue weighted by Crippen LogP contribution is 2.24. The number of likely N-dealkylation sites (tertiary alicyclic amines) is 1. The summed E-state index contributed by atoms with van der Waals surface area (Å²) in [6.45, 7) is 5.85. The van der Waals surface area contributed by atoms with Crippen LogP contribution in [-0.2, 0) is 4.79 Å². The lowest BCUT2D eigenvalue weighted by molar-refractivity contribution is -0.313. The van der Waals surface area contributed by atoms with Crippen LogP contribution < -0.4 is 5.11 Å². The highest BCUT2D eigenvalue weighted by Gasteiger charge is 2.26. The maximum absolute atomic E-state index is 10.8. The second-order valence-electron chi connectivity index (χ2n) is 3.76. The number of carbonyl (C=O) groups excluding carboxylic acids is 1. The third kappa shape index (κ3) is 2.44. The van der Waals surface area contributed by atoms with Gasteiger partial charge in [0.15, 0.2) is 0 Å². The molecule has 1 aliphatic heterocycles. The van der Waals surface area contributed by atoms with E-state index in [1.165, 1.54) is 0 Å². The molecule has 1 rings (SSSR count). The van der Waals surface area contributed by atoms with Crippen LogP contribution in [0.2, 0.25) is 0 Å². The average molecular weight is 184 g/mol. The smallest absolute Gasteiger partial charge is 0.0586 e. The Kier molecular flexibility index (Phi) is 3.72. The molecule has 0 radical (unpaired) electrons. The Morgan fingerprint density at radius 3 is 2.69 bits per heavy atom. The molecule has 0 aliphatic carbocycles. The van der Waals surface area contributed by atoms with Gasteiger partial charge >= 0.3 is 0 Å². The second-order valence-corrected chi connectivity index (χ2v) is 3.76. The fourth-order valence-corrected chi connectivity index (χ4v) is 2.08. The van der Waals surface area contributed by atoms with Gasteiger partial charge in [-0.25, -0.2) is 0 Å². The zero-order chi connectivity index (χ0) is 9.84. The molecule has 2 unspecified atom stereocenters. The molecule has 0 bridgehead atoms. The van der Waals surface area contributed by atoms with Crippen LogP contribution in [0.4, 0.5) is 0 Å². The highest BCUT2D eigenvalue weighted by molar-refractivity contribution is 5.71. The molecule has 0 spiro atoms. The topological polar surface area (TPSA) is 43.4 Å². The van der Waals surface area contributed by atoms with Crippen molar-refractivity contribution in [2.45, 2.75) is 39.2 Å². The summed E-state index contributed by atoms with van der Waals surface area (Å²) in [7, 11) is 0. The van der Waals surface area contributed by atoms with E-state index >= 15 is 0 Å². The summed E-state index contributed by atoms with van der Waals surface area (Å²) in [5, 5.41) is 10.8. The van der Waals surface area contributed by atoms with Gasteiger partial charge in [0.05, 0.1) is 5.97 Å². The monoisotopic (exact) mass is 184 g/mol. The van der Waals surface area contributed by atoms with E-state index in [0.29, 0.717) is 5.92 Å². The molecular formula is C10H18NO2-. The van der Waals surface area contributed by atoms with Crippen molar-refractivity contribution in [3.63, 3.8) is 0 Å². The van der Waals surface area contributed by atoms with E-state index in [4.69, 9.17) is 0 Å². The maximum Gasteiger partial charge on any atom is 0.0586 e. The Morgan fingerprint density at radius 1 is 1.54 bits per heavy atom. The molecule has 1 fully saturated rings. The Morgan fingerprint density at radius 2 is 2.23 bits per heavy atom. The minimum atomic E-state index is -0.903. The molecule has 1 aliphatic rings. The quantitative estimate of drug-likeness (QED) is 0.631. The zero-order valence-corrected chi connectivity index (χ0v) is 8.45. The Labute approximate surface area is 79.7 Å². The Hall–Kier alpha value is -0.570. The fraction of sp³-hybridized carbons (Fsp3) is 0.900. The number of aliphatic carboxylic acids is 1. The first-order chi connectivity index (χ1) is 6.19. The van der Waals surface area contributed by atoms with Gasteiger partial charge in [0.1, 0.15) is 0 Å². The number of carboxylic acids is 1. The molecule has 2 atom stereocenters. The molecule has 0 aromatic carbocycles. The Bertz CT molecular complexity index is 182. The van der Waals surface area contributed by atoms with Crippen LogP contribution in [0, 0.1) is 5.92 Å². The van der Waals surface area contributed by atoms with E-state index in [1.54, 1.807) is 0 Å². The van der Waals surface area contributed by atoms with Crippen molar-refractivity contribution in [3.8, 4) is 0 Å². The number of rotatable bonds is 3. The van der Waals surface area contributed by atoms with Crippen molar-refractivity contribution >= 4 is 5.97 Å². The van der Waals surface area contributed by atoms with Gasteiger partial charge in [-0.05, 0) is 31.8 Å². The third-order valence-electron chi connectivity index (χ3n) is 3.08. The fourth-order valence-electron chi connectivity index (χ4n) is 2.08. The molecule has 0 aromatic rings. The van der Waals surface area contributed by atoms with Gasteiger partial charge in [0, 0.05) is 6.04 Å². The minimum absolute atomic E-state index is 0.344. The van der Waals surface area contributed by atoms with Crippen LogP contribution in [0.15, 0.2) is 0 Å². The molecular weight excluding hydrogens is 166 g/mol. The molecule has 1 saturated heterocycles. The second kappa shape index (κ2) is 4.61. The molecule has 13 heavy (non-hydrogen) atoms. The summed E-state index contributed by atoms with van der Waals surface area (Å²) in [6, 6.07) is -0.344. The number of carbonyl (C=O) groups is 1. The van der Waals surface area contributed by atoms with Crippen molar-refractivity contribution in [3.05, 3.63) is 0 Å². The molecule has 1 heterocycles. The van der Waals surface area contributed by atoms with Gasteiger partial charge in [-0.1, -0.05) is 20.3 Å². The molecule has 3 nitrogen and oxygen atoms in total. The number of hydrogen-bond donors (Lipinski definition) is 0. The normalized spacial score (nSPS) is 30.3. The molecule has 0 aromatic heterocycles. The van der Waals surface area contributed by atoms with Gasteiger partial charge in [0.2, 0.25) is 0 Å². The standard InChI is InChI=1S/C10H19NO2/c1-3-8-5-6-11(4-2)9(7-8)10(12)13/h8-9H,3-7H2,1-2H3,(H,12,13)/p-1. The SMILES string of the molecule is CCC1CCN(CC)C(C(=O)[O-])C1. The number of nitrogens with zero attached hydrogens (tertiary/aromatic N) is 1. The lowest BCUT2D eigenvalue weighted by Gasteiger charge is -2.39. The van der Waals surface area contributed by atoms with Gasteiger partial charge in [-0.15, -0.1) is 0 Å². The van der Waals surface area contributed by atoms with E-state index in [9.17, 15) is 9.90 Å². The lowest BCUT2D eigenvalue weighted by Crippen LogP contribution is -2.52.